The number of furan rings is 1. The summed E-state index contributed by atoms with van der Waals surface area (Å²) >= 11 is 6.40. The fraction of sp³-hybridized carbons (Fsp3) is 0.364. The Hall–Kier alpha value is -2.31. The van der Waals surface area contributed by atoms with Gasteiger partial charge in [0.05, 0.1) is 16.0 Å². The smallest absolute Gasteiger partial charge is 0.416 e. The quantitative estimate of drug-likeness (QED) is 0.296. The fourth-order valence-corrected chi connectivity index (χ4v) is 5.05. The first-order valence-electron chi connectivity index (χ1n) is 10.3. The number of thioether (sulfide) groups is 1. The van der Waals surface area contributed by atoms with Crippen LogP contribution in [0.1, 0.15) is 29.7 Å². The zero-order valence-electron chi connectivity index (χ0n) is 17.4. The van der Waals surface area contributed by atoms with E-state index >= 15 is 0 Å². The van der Waals surface area contributed by atoms with E-state index in [1.807, 2.05) is 0 Å². The Morgan fingerprint density at radius 2 is 1.68 bits per heavy atom. The maximum atomic E-state index is 13.1. The predicted molar refractivity (Wildman–Crippen MR) is 120 cm³/mol. The van der Waals surface area contributed by atoms with Crippen molar-refractivity contribution >= 4 is 40.3 Å². The lowest BCUT2D eigenvalue weighted by molar-refractivity contribution is -0.143. The lowest BCUT2D eigenvalue weighted by atomic mass is 9.98. The molecule has 1 N–H and O–H groups in total. The van der Waals surface area contributed by atoms with Crippen LogP contribution in [0.2, 0.25) is 0 Å². The molecule has 0 unspecified atom stereocenters. The molecule has 2 aliphatic rings. The molecule has 2 saturated heterocycles. The minimum absolute atomic E-state index is 0.0566. The number of benzene rings is 1. The van der Waals surface area contributed by atoms with Crippen LogP contribution >= 0.6 is 24.0 Å². The maximum absolute atomic E-state index is 13.1. The van der Waals surface area contributed by atoms with Gasteiger partial charge in [0, 0.05) is 18.2 Å². The molecule has 2 fully saturated rings. The van der Waals surface area contributed by atoms with Crippen LogP contribution in [-0.2, 0) is 17.1 Å². The highest BCUT2D eigenvalue weighted by molar-refractivity contribution is 8.26. The maximum Gasteiger partial charge on any atom is 0.416 e. The summed E-state index contributed by atoms with van der Waals surface area (Å²) in [6, 6.07) is 3.88. The largest absolute Gasteiger partial charge is 0.457 e. The first-order valence-corrected chi connectivity index (χ1v) is 11.5. The third-order valence-corrected chi connectivity index (χ3v) is 6.92. The van der Waals surface area contributed by atoms with Crippen molar-refractivity contribution in [3.8, 4) is 11.3 Å². The van der Waals surface area contributed by atoms with Crippen LogP contribution in [0.15, 0.2) is 39.7 Å². The molecule has 1 aromatic carbocycles. The first-order chi connectivity index (χ1) is 15.9. The summed E-state index contributed by atoms with van der Waals surface area (Å²) in [5.74, 6) is -0.0525. The highest BCUT2D eigenvalue weighted by Gasteiger charge is 2.37. The van der Waals surface area contributed by atoms with E-state index in [2.05, 4.69) is 5.32 Å². The van der Waals surface area contributed by atoms with Gasteiger partial charge < -0.3 is 9.73 Å². The number of nitrogens with zero attached hydrogens (tertiary/aromatic N) is 1. The zero-order chi connectivity index (χ0) is 24.7. The minimum Gasteiger partial charge on any atom is -0.457 e. The van der Waals surface area contributed by atoms with Crippen molar-refractivity contribution in [2.75, 3.05) is 19.6 Å². The molecule has 1 aromatic heterocycles. The number of halogens is 6. The molecule has 4 nitrogen and oxygen atoms in total. The average Bonchev–Trinajstić information content (AvgIpc) is 3.33. The second kappa shape index (κ2) is 9.38. The molecule has 12 heteroatoms. The molecule has 34 heavy (non-hydrogen) atoms. The van der Waals surface area contributed by atoms with E-state index in [0.717, 1.165) is 37.7 Å². The average molecular weight is 521 g/mol. The summed E-state index contributed by atoms with van der Waals surface area (Å²) < 4.78 is 84.8. The number of hydrogen-bond acceptors (Lipinski definition) is 5. The number of nitrogens with one attached hydrogen (secondary N) is 1. The Morgan fingerprint density at radius 1 is 1.06 bits per heavy atom. The number of carbonyl (C=O) groups is 1. The van der Waals surface area contributed by atoms with Crippen LogP contribution in [0.5, 0.6) is 0 Å². The summed E-state index contributed by atoms with van der Waals surface area (Å²) in [4.78, 5) is 14.6. The molecule has 4 rings (SSSR count). The lowest BCUT2D eigenvalue weighted by Crippen LogP contribution is -2.38. The molecule has 0 aliphatic carbocycles. The van der Waals surface area contributed by atoms with E-state index in [9.17, 15) is 31.1 Å². The van der Waals surface area contributed by atoms with Gasteiger partial charge in [-0.15, -0.1) is 0 Å². The second-order valence-electron chi connectivity index (χ2n) is 7.98. The Bertz CT molecular complexity index is 1100. The fourth-order valence-electron chi connectivity index (χ4n) is 3.79. The molecular weight excluding hydrogens is 502 g/mol. The number of hydrogen-bond donors (Lipinski definition) is 1. The molecule has 0 saturated carbocycles. The van der Waals surface area contributed by atoms with Crippen LogP contribution in [0.25, 0.3) is 17.4 Å². The SMILES string of the molecule is O=C1/C(=C/c2ccc(-c3cc(C(F)(F)F)cc(C(F)(F)F)c3)o2)SC(=S)N1CC1CCNCC1. The molecule has 0 spiro atoms. The molecule has 3 heterocycles. The van der Waals surface area contributed by atoms with Crippen molar-refractivity contribution in [3.05, 3.63) is 52.1 Å². The van der Waals surface area contributed by atoms with E-state index in [-0.39, 0.29) is 34.0 Å². The van der Waals surface area contributed by atoms with Crippen LogP contribution in [0.4, 0.5) is 26.3 Å². The van der Waals surface area contributed by atoms with Gasteiger partial charge in [0.2, 0.25) is 0 Å². The standard InChI is InChI=1S/C22H18F6N2O2S2/c23-21(24,25)14-7-13(8-15(9-14)22(26,27)28)17-2-1-16(32-17)10-18-19(31)30(20(33)34-18)11-12-3-5-29-6-4-12/h1-2,7-10,12,29H,3-6,11H2/b18-10-. The minimum atomic E-state index is -4.96. The highest BCUT2D eigenvalue weighted by atomic mass is 32.2. The molecule has 2 aromatic rings. The van der Waals surface area contributed by atoms with Gasteiger partial charge in [-0.1, -0.05) is 24.0 Å². The van der Waals surface area contributed by atoms with Gasteiger partial charge >= 0.3 is 12.4 Å². The van der Waals surface area contributed by atoms with Crippen LogP contribution in [0, 0.1) is 5.92 Å². The summed E-state index contributed by atoms with van der Waals surface area (Å²) in [7, 11) is 0. The number of amides is 1. The number of alkyl halides is 6. The topological polar surface area (TPSA) is 45.5 Å². The molecule has 182 valence electrons. The van der Waals surface area contributed by atoms with Gasteiger partial charge in [-0.05, 0) is 62.2 Å². The summed E-state index contributed by atoms with van der Waals surface area (Å²) in [6.45, 7) is 2.24. The Morgan fingerprint density at radius 3 is 2.26 bits per heavy atom. The summed E-state index contributed by atoms with van der Waals surface area (Å²) in [6.07, 6.45) is -6.69. The zero-order valence-corrected chi connectivity index (χ0v) is 19.1. The van der Waals surface area contributed by atoms with E-state index < -0.39 is 23.5 Å². The normalized spacial score (nSPS) is 19.5. The van der Waals surface area contributed by atoms with Crippen LogP contribution in [-0.4, -0.2) is 34.8 Å². The number of thiocarbonyl (C=S) groups is 1. The molecule has 2 aliphatic heterocycles. The van der Waals surface area contributed by atoms with Crippen molar-refractivity contribution in [1.29, 1.82) is 0 Å². The van der Waals surface area contributed by atoms with Crippen molar-refractivity contribution in [2.45, 2.75) is 25.2 Å². The predicted octanol–water partition coefficient (Wildman–Crippen LogP) is 6.19. The van der Waals surface area contributed by atoms with Gasteiger partial charge in [-0.2, -0.15) is 26.3 Å². The van der Waals surface area contributed by atoms with Crippen molar-refractivity contribution in [2.24, 2.45) is 5.92 Å². The van der Waals surface area contributed by atoms with Gasteiger partial charge in [0.25, 0.3) is 5.91 Å². The second-order valence-corrected chi connectivity index (χ2v) is 9.66. The van der Waals surface area contributed by atoms with E-state index in [4.69, 9.17) is 16.6 Å². The molecule has 0 bridgehead atoms. The number of rotatable bonds is 4. The Labute approximate surface area is 200 Å². The summed E-state index contributed by atoms with van der Waals surface area (Å²) in [5.41, 5.74) is -3.25. The van der Waals surface area contributed by atoms with Crippen molar-refractivity contribution in [1.82, 2.24) is 10.2 Å². The Kier molecular flexibility index (Phi) is 6.85. The van der Waals surface area contributed by atoms with Crippen LogP contribution < -0.4 is 5.32 Å². The van der Waals surface area contributed by atoms with E-state index in [0.29, 0.717) is 28.9 Å². The van der Waals surface area contributed by atoms with Gasteiger partial charge in [0.1, 0.15) is 15.8 Å². The lowest BCUT2D eigenvalue weighted by Gasteiger charge is -2.26. The van der Waals surface area contributed by atoms with Crippen molar-refractivity contribution < 1.29 is 35.6 Å². The molecule has 0 atom stereocenters. The Balaban J connectivity index is 1.58. The number of piperidine rings is 1. The monoisotopic (exact) mass is 520 g/mol. The summed E-state index contributed by atoms with van der Waals surface area (Å²) in [5, 5.41) is 3.25. The van der Waals surface area contributed by atoms with Gasteiger partial charge in [-0.3, -0.25) is 9.69 Å². The van der Waals surface area contributed by atoms with Gasteiger partial charge in [0.15, 0.2) is 0 Å². The van der Waals surface area contributed by atoms with Gasteiger partial charge in [-0.25, -0.2) is 0 Å². The first kappa shape index (κ1) is 24.8. The third kappa shape index (κ3) is 5.49. The molecule has 1 amide bonds. The molecular formula is C22H18F6N2O2S2. The third-order valence-electron chi connectivity index (χ3n) is 5.55. The molecule has 0 radical (unpaired) electrons. The van der Waals surface area contributed by atoms with Crippen molar-refractivity contribution in [3.63, 3.8) is 0 Å². The van der Waals surface area contributed by atoms with E-state index in [1.54, 1.807) is 0 Å². The van der Waals surface area contributed by atoms with E-state index in [1.165, 1.54) is 23.1 Å². The number of carbonyl (C=O) groups excluding carboxylic acids is 1. The van der Waals surface area contributed by atoms with Crippen LogP contribution in [0.3, 0.4) is 0 Å². The highest BCUT2D eigenvalue weighted by Crippen LogP contribution is 2.40.